The SMILES string of the molecule is Fc1ccc2scnc2c1Br. The monoisotopic (exact) mass is 231 g/mol. The first-order chi connectivity index (χ1) is 5.29. The summed E-state index contributed by atoms with van der Waals surface area (Å²) in [5.74, 6) is -0.261. The summed E-state index contributed by atoms with van der Waals surface area (Å²) in [5.41, 5.74) is 2.41. The van der Waals surface area contributed by atoms with Crippen LogP contribution in [0.15, 0.2) is 22.1 Å². The van der Waals surface area contributed by atoms with Crippen molar-refractivity contribution >= 4 is 37.5 Å². The van der Waals surface area contributed by atoms with Crippen molar-refractivity contribution in [3.05, 3.63) is 27.9 Å². The predicted molar refractivity (Wildman–Crippen MR) is 47.3 cm³/mol. The highest BCUT2D eigenvalue weighted by atomic mass is 79.9. The summed E-state index contributed by atoms with van der Waals surface area (Å²) in [4.78, 5) is 4.01. The van der Waals surface area contributed by atoms with E-state index in [0.29, 0.717) is 9.99 Å². The Kier molecular flexibility index (Phi) is 1.65. The fourth-order valence-electron chi connectivity index (χ4n) is 0.873. The van der Waals surface area contributed by atoms with Crippen molar-refractivity contribution < 1.29 is 4.39 Å². The Morgan fingerprint density at radius 3 is 3.09 bits per heavy atom. The Balaban J connectivity index is 2.93. The first-order valence-electron chi connectivity index (χ1n) is 2.96. The molecule has 2 rings (SSSR count). The van der Waals surface area contributed by atoms with Gasteiger partial charge in [-0.25, -0.2) is 9.37 Å². The van der Waals surface area contributed by atoms with Gasteiger partial charge in [0.05, 0.1) is 20.2 Å². The normalized spacial score (nSPS) is 10.7. The molecule has 0 radical (unpaired) electrons. The maximum Gasteiger partial charge on any atom is 0.139 e. The zero-order chi connectivity index (χ0) is 7.84. The number of nitrogens with zero attached hydrogens (tertiary/aromatic N) is 1. The van der Waals surface area contributed by atoms with Gasteiger partial charge in [0.1, 0.15) is 5.82 Å². The van der Waals surface area contributed by atoms with Gasteiger partial charge in [0.15, 0.2) is 0 Å². The van der Waals surface area contributed by atoms with Gasteiger partial charge < -0.3 is 0 Å². The smallest absolute Gasteiger partial charge is 0.139 e. The van der Waals surface area contributed by atoms with Gasteiger partial charge >= 0.3 is 0 Å². The molecule has 0 aliphatic rings. The molecule has 0 spiro atoms. The molecule has 2 aromatic rings. The third-order valence-corrected chi connectivity index (χ3v) is 2.94. The lowest BCUT2D eigenvalue weighted by Gasteiger charge is -1.92. The van der Waals surface area contributed by atoms with Crippen molar-refractivity contribution in [3.8, 4) is 0 Å². The second-order valence-corrected chi connectivity index (χ2v) is 3.74. The van der Waals surface area contributed by atoms with Gasteiger partial charge in [-0.3, -0.25) is 0 Å². The topological polar surface area (TPSA) is 12.9 Å². The molecule has 0 saturated carbocycles. The highest BCUT2D eigenvalue weighted by Gasteiger charge is 2.05. The summed E-state index contributed by atoms with van der Waals surface area (Å²) in [5, 5.41) is 0. The first kappa shape index (κ1) is 7.18. The summed E-state index contributed by atoms with van der Waals surface area (Å²) in [6.07, 6.45) is 0. The molecule has 0 amide bonds. The summed E-state index contributed by atoms with van der Waals surface area (Å²) in [6.45, 7) is 0. The molecule has 0 N–H and O–H groups in total. The van der Waals surface area contributed by atoms with Crippen LogP contribution in [0.3, 0.4) is 0 Å². The first-order valence-corrected chi connectivity index (χ1v) is 4.63. The van der Waals surface area contributed by atoms with E-state index >= 15 is 0 Å². The molecule has 0 saturated heterocycles. The van der Waals surface area contributed by atoms with Crippen molar-refractivity contribution in [1.29, 1.82) is 0 Å². The maximum atomic E-state index is 12.8. The molecule has 1 aromatic carbocycles. The molecule has 0 unspecified atom stereocenters. The molecule has 0 bridgehead atoms. The Morgan fingerprint density at radius 2 is 2.27 bits per heavy atom. The standard InChI is InChI=1S/C7H3BrFNS/c8-6-4(9)1-2-5-7(6)10-3-11-5/h1-3H. The summed E-state index contributed by atoms with van der Waals surface area (Å²) in [7, 11) is 0. The summed E-state index contributed by atoms with van der Waals surface area (Å²) < 4.78 is 14.3. The predicted octanol–water partition coefficient (Wildman–Crippen LogP) is 3.20. The van der Waals surface area contributed by atoms with E-state index in [1.165, 1.54) is 17.4 Å². The van der Waals surface area contributed by atoms with E-state index in [1.54, 1.807) is 11.6 Å². The largest absolute Gasteiger partial charge is 0.243 e. The molecule has 1 heterocycles. The van der Waals surface area contributed by atoms with Crippen LogP contribution in [0, 0.1) is 5.82 Å². The number of hydrogen-bond donors (Lipinski definition) is 0. The Hall–Kier alpha value is -0.480. The number of thiazole rings is 1. The number of fused-ring (bicyclic) bond motifs is 1. The van der Waals surface area contributed by atoms with Gasteiger partial charge in [-0.1, -0.05) is 0 Å². The molecule has 0 fully saturated rings. The molecule has 11 heavy (non-hydrogen) atoms. The van der Waals surface area contributed by atoms with E-state index in [4.69, 9.17) is 0 Å². The van der Waals surface area contributed by atoms with Crippen LogP contribution in [0.5, 0.6) is 0 Å². The van der Waals surface area contributed by atoms with Crippen LogP contribution in [0.25, 0.3) is 10.2 Å². The number of rotatable bonds is 0. The molecule has 4 heteroatoms. The van der Waals surface area contributed by atoms with Crippen molar-refractivity contribution in [2.75, 3.05) is 0 Å². The average Bonchev–Trinajstić information content (AvgIpc) is 2.45. The zero-order valence-electron chi connectivity index (χ0n) is 5.34. The quantitative estimate of drug-likeness (QED) is 0.679. The van der Waals surface area contributed by atoms with Crippen LogP contribution < -0.4 is 0 Å². The summed E-state index contributed by atoms with van der Waals surface area (Å²) in [6, 6.07) is 3.16. The molecular weight excluding hydrogens is 229 g/mol. The Bertz CT molecular complexity index is 398. The molecule has 0 aliphatic carbocycles. The minimum atomic E-state index is -0.261. The fraction of sp³-hybridized carbons (Fsp3) is 0. The Morgan fingerprint density at radius 1 is 1.45 bits per heavy atom. The maximum absolute atomic E-state index is 12.8. The molecule has 0 atom stereocenters. The van der Waals surface area contributed by atoms with E-state index in [0.717, 1.165) is 4.70 Å². The lowest BCUT2D eigenvalue weighted by molar-refractivity contribution is 0.623. The van der Waals surface area contributed by atoms with E-state index in [9.17, 15) is 4.39 Å². The van der Waals surface area contributed by atoms with Crippen LogP contribution in [-0.2, 0) is 0 Å². The lowest BCUT2D eigenvalue weighted by Crippen LogP contribution is -1.77. The Labute approximate surface area is 75.0 Å². The highest BCUT2D eigenvalue weighted by molar-refractivity contribution is 9.10. The van der Waals surface area contributed by atoms with E-state index in [1.807, 2.05) is 0 Å². The van der Waals surface area contributed by atoms with Crippen molar-refractivity contribution in [2.24, 2.45) is 0 Å². The van der Waals surface area contributed by atoms with Crippen LogP contribution in [0.4, 0.5) is 4.39 Å². The van der Waals surface area contributed by atoms with Crippen molar-refractivity contribution in [2.45, 2.75) is 0 Å². The molecule has 0 aliphatic heterocycles. The van der Waals surface area contributed by atoms with Gasteiger partial charge in [-0.2, -0.15) is 0 Å². The molecule has 1 nitrogen and oxygen atoms in total. The van der Waals surface area contributed by atoms with E-state index < -0.39 is 0 Å². The lowest BCUT2D eigenvalue weighted by atomic mass is 10.3. The van der Waals surface area contributed by atoms with Gasteiger partial charge in [-0.15, -0.1) is 11.3 Å². The van der Waals surface area contributed by atoms with Gasteiger partial charge in [0, 0.05) is 0 Å². The highest BCUT2D eigenvalue weighted by Crippen LogP contribution is 2.27. The number of aromatic nitrogens is 1. The fourth-order valence-corrected chi connectivity index (χ4v) is 2.14. The molecular formula is C7H3BrFNS. The van der Waals surface area contributed by atoms with Crippen LogP contribution in [0.2, 0.25) is 0 Å². The van der Waals surface area contributed by atoms with Crippen LogP contribution >= 0.6 is 27.3 Å². The summed E-state index contributed by atoms with van der Waals surface area (Å²) >= 11 is 4.63. The van der Waals surface area contributed by atoms with E-state index in [2.05, 4.69) is 20.9 Å². The van der Waals surface area contributed by atoms with E-state index in [-0.39, 0.29) is 5.82 Å². The second-order valence-electron chi connectivity index (χ2n) is 2.06. The molecule has 56 valence electrons. The van der Waals surface area contributed by atoms with Gasteiger partial charge in [-0.05, 0) is 28.1 Å². The van der Waals surface area contributed by atoms with Crippen LogP contribution in [0.1, 0.15) is 0 Å². The zero-order valence-corrected chi connectivity index (χ0v) is 7.75. The van der Waals surface area contributed by atoms with Gasteiger partial charge in [0.25, 0.3) is 0 Å². The minimum absolute atomic E-state index is 0.261. The van der Waals surface area contributed by atoms with Crippen molar-refractivity contribution in [3.63, 3.8) is 0 Å². The molecule has 1 aromatic heterocycles. The number of hydrogen-bond acceptors (Lipinski definition) is 2. The third-order valence-electron chi connectivity index (χ3n) is 1.39. The van der Waals surface area contributed by atoms with Crippen molar-refractivity contribution in [1.82, 2.24) is 4.98 Å². The van der Waals surface area contributed by atoms with Crippen LogP contribution in [-0.4, -0.2) is 4.98 Å². The third kappa shape index (κ3) is 1.06. The van der Waals surface area contributed by atoms with Gasteiger partial charge in [0.2, 0.25) is 0 Å². The average molecular weight is 232 g/mol. The number of benzene rings is 1. The minimum Gasteiger partial charge on any atom is -0.243 e. The number of halogens is 2. The second kappa shape index (κ2) is 2.53.